The summed E-state index contributed by atoms with van der Waals surface area (Å²) in [5.74, 6) is 0.364. The molecule has 3 heterocycles. The third-order valence-electron chi connectivity index (χ3n) is 5.51. The molecule has 0 radical (unpaired) electrons. The van der Waals surface area contributed by atoms with Gasteiger partial charge in [-0.3, -0.25) is 14.4 Å². The summed E-state index contributed by atoms with van der Waals surface area (Å²) in [4.78, 5) is 16.6. The van der Waals surface area contributed by atoms with Gasteiger partial charge in [0.25, 0.3) is 0 Å². The van der Waals surface area contributed by atoms with Crippen molar-refractivity contribution >= 4 is 5.91 Å². The van der Waals surface area contributed by atoms with Crippen LogP contribution in [-0.4, -0.2) is 51.2 Å². The largest absolute Gasteiger partial charge is 0.340 e. The fourth-order valence-electron chi connectivity index (χ4n) is 4.12. The van der Waals surface area contributed by atoms with Gasteiger partial charge in [-0.1, -0.05) is 24.3 Å². The van der Waals surface area contributed by atoms with Crippen LogP contribution in [-0.2, 0) is 17.9 Å². The fraction of sp³-hybridized carbons (Fsp3) is 0.500. The Morgan fingerprint density at radius 3 is 2.40 bits per heavy atom. The van der Waals surface area contributed by atoms with Gasteiger partial charge in [0, 0.05) is 51.0 Å². The zero-order valence-corrected chi connectivity index (χ0v) is 14.7. The van der Waals surface area contributed by atoms with E-state index >= 15 is 0 Å². The number of aromatic nitrogens is 2. The summed E-state index contributed by atoms with van der Waals surface area (Å²) in [6.45, 7) is 4.92. The summed E-state index contributed by atoms with van der Waals surface area (Å²) in [5.41, 5.74) is 2.72. The van der Waals surface area contributed by atoms with Crippen molar-refractivity contribution in [3.8, 4) is 0 Å². The van der Waals surface area contributed by atoms with Gasteiger partial charge in [-0.15, -0.1) is 0 Å². The molecule has 25 heavy (non-hydrogen) atoms. The van der Waals surface area contributed by atoms with Gasteiger partial charge in [-0.2, -0.15) is 5.10 Å². The van der Waals surface area contributed by atoms with Gasteiger partial charge in [0.05, 0.1) is 6.54 Å². The van der Waals surface area contributed by atoms with Crippen molar-refractivity contribution in [1.29, 1.82) is 0 Å². The first-order chi connectivity index (χ1) is 12.3. The lowest BCUT2D eigenvalue weighted by Gasteiger charge is -2.37. The van der Waals surface area contributed by atoms with Gasteiger partial charge >= 0.3 is 0 Å². The maximum Gasteiger partial charge on any atom is 0.222 e. The molecule has 4 rings (SSSR count). The molecule has 1 aromatic carbocycles. The molecule has 5 heteroatoms. The Morgan fingerprint density at radius 2 is 1.76 bits per heavy atom. The molecule has 0 N–H and O–H groups in total. The SMILES string of the molecule is O=C1CCCN1C1CCN(Cc2ccccc2Cn2cccn2)CC1. The summed E-state index contributed by atoms with van der Waals surface area (Å²) < 4.78 is 1.98. The third-order valence-corrected chi connectivity index (χ3v) is 5.51. The molecule has 0 atom stereocenters. The van der Waals surface area contributed by atoms with Crippen molar-refractivity contribution in [3.63, 3.8) is 0 Å². The number of hydrogen-bond donors (Lipinski definition) is 0. The average Bonchev–Trinajstić information content (AvgIpc) is 3.29. The lowest BCUT2D eigenvalue weighted by atomic mass is 10.0. The second-order valence-electron chi connectivity index (χ2n) is 7.17. The topological polar surface area (TPSA) is 41.4 Å². The van der Waals surface area contributed by atoms with E-state index in [1.807, 2.05) is 23.1 Å². The summed E-state index contributed by atoms with van der Waals surface area (Å²) in [5, 5.41) is 4.33. The van der Waals surface area contributed by atoms with Crippen molar-refractivity contribution < 1.29 is 4.79 Å². The zero-order valence-electron chi connectivity index (χ0n) is 14.7. The van der Waals surface area contributed by atoms with Crippen LogP contribution in [0.4, 0.5) is 0 Å². The Kier molecular flexibility index (Phi) is 4.83. The molecule has 1 amide bonds. The summed E-state index contributed by atoms with van der Waals surface area (Å²) in [6.07, 6.45) is 7.84. The summed E-state index contributed by atoms with van der Waals surface area (Å²) >= 11 is 0. The van der Waals surface area contributed by atoms with Crippen LogP contribution in [0.2, 0.25) is 0 Å². The molecule has 0 saturated carbocycles. The molecule has 132 valence electrons. The first-order valence-electron chi connectivity index (χ1n) is 9.35. The van der Waals surface area contributed by atoms with E-state index in [1.54, 1.807) is 0 Å². The Balaban J connectivity index is 1.36. The number of piperidine rings is 1. The van der Waals surface area contributed by atoms with Crippen LogP contribution in [0, 0.1) is 0 Å². The molecule has 0 bridgehead atoms. The Morgan fingerprint density at radius 1 is 1.00 bits per heavy atom. The predicted molar refractivity (Wildman–Crippen MR) is 97.0 cm³/mol. The lowest BCUT2D eigenvalue weighted by Crippen LogP contribution is -2.45. The van der Waals surface area contributed by atoms with E-state index in [9.17, 15) is 4.79 Å². The molecular weight excluding hydrogens is 312 g/mol. The highest BCUT2D eigenvalue weighted by Crippen LogP contribution is 2.23. The van der Waals surface area contributed by atoms with E-state index in [1.165, 1.54) is 11.1 Å². The maximum atomic E-state index is 11.9. The first kappa shape index (κ1) is 16.3. The minimum Gasteiger partial charge on any atom is -0.340 e. The fourth-order valence-corrected chi connectivity index (χ4v) is 4.12. The zero-order chi connectivity index (χ0) is 17.1. The highest BCUT2D eigenvalue weighted by atomic mass is 16.2. The predicted octanol–water partition coefficient (Wildman–Crippen LogP) is 2.52. The van der Waals surface area contributed by atoms with Gasteiger partial charge in [-0.05, 0) is 36.5 Å². The van der Waals surface area contributed by atoms with E-state index < -0.39 is 0 Å². The van der Waals surface area contributed by atoms with E-state index in [0.717, 1.165) is 58.4 Å². The molecule has 1 aromatic heterocycles. The molecular formula is C20H26N4O. The molecule has 0 unspecified atom stereocenters. The monoisotopic (exact) mass is 338 g/mol. The van der Waals surface area contributed by atoms with E-state index in [-0.39, 0.29) is 0 Å². The number of carbonyl (C=O) groups is 1. The molecule has 2 fully saturated rings. The smallest absolute Gasteiger partial charge is 0.222 e. The van der Waals surface area contributed by atoms with Crippen molar-refractivity contribution in [1.82, 2.24) is 19.6 Å². The van der Waals surface area contributed by atoms with Gasteiger partial charge in [0.15, 0.2) is 0 Å². The van der Waals surface area contributed by atoms with Crippen molar-refractivity contribution in [3.05, 3.63) is 53.9 Å². The quantitative estimate of drug-likeness (QED) is 0.841. The molecule has 0 spiro atoms. The number of likely N-dealkylation sites (tertiary alicyclic amines) is 2. The van der Waals surface area contributed by atoms with Crippen LogP contribution in [0.5, 0.6) is 0 Å². The second kappa shape index (κ2) is 7.40. The molecule has 5 nitrogen and oxygen atoms in total. The lowest BCUT2D eigenvalue weighted by molar-refractivity contribution is -0.130. The Bertz CT molecular complexity index is 704. The Hall–Kier alpha value is -2.14. The molecule has 2 aliphatic heterocycles. The van der Waals surface area contributed by atoms with Crippen LogP contribution >= 0.6 is 0 Å². The van der Waals surface area contributed by atoms with Crippen LogP contribution in [0.15, 0.2) is 42.7 Å². The highest BCUT2D eigenvalue weighted by molar-refractivity contribution is 5.78. The number of amides is 1. The van der Waals surface area contributed by atoms with Crippen molar-refractivity contribution in [2.45, 2.75) is 44.8 Å². The molecule has 2 aromatic rings. The number of nitrogens with zero attached hydrogens (tertiary/aromatic N) is 4. The van der Waals surface area contributed by atoms with Crippen molar-refractivity contribution in [2.75, 3.05) is 19.6 Å². The molecule has 0 aliphatic carbocycles. The highest BCUT2D eigenvalue weighted by Gasteiger charge is 2.30. The minimum atomic E-state index is 0.364. The van der Waals surface area contributed by atoms with Gasteiger partial charge in [-0.25, -0.2) is 0 Å². The van der Waals surface area contributed by atoms with Gasteiger partial charge < -0.3 is 4.90 Å². The number of benzene rings is 1. The summed E-state index contributed by atoms with van der Waals surface area (Å²) in [7, 11) is 0. The number of hydrogen-bond acceptors (Lipinski definition) is 3. The van der Waals surface area contributed by atoms with Crippen molar-refractivity contribution in [2.24, 2.45) is 0 Å². The maximum absolute atomic E-state index is 11.9. The molecule has 2 saturated heterocycles. The minimum absolute atomic E-state index is 0.364. The summed E-state index contributed by atoms with van der Waals surface area (Å²) in [6, 6.07) is 11.1. The third kappa shape index (κ3) is 3.76. The van der Waals surface area contributed by atoms with Crippen LogP contribution in [0.25, 0.3) is 0 Å². The second-order valence-corrected chi connectivity index (χ2v) is 7.17. The Labute approximate surface area is 149 Å². The van der Waals surface area contributed by atoms with E-state index in [4.69, 9.17) is 0 Å². The standard InChI is InChI=1S/C20H26N4O/c25-20-7-3-12-24(20)19-8-13-22(14-9-19)15-17-5-1-2-6-18(17)16-23-11-4-10-21-23/h1-2,4-6,10-11,19H,3,7-9,12-16H2. The first-order valence-corrected chi connectivity index (χ1v) is 9.35. The average molecular weight is 338 g/mol. The van der Waals surface area contributed by atoms with E-state index in [2.05, 4.69) is 39.2 Å². The van der Waals surface area contributed by atoms with Crippen LogP contribution < -0.4 is 0 Å². The van der Waals surface area contributed by atoms with Gasteiger partial charge in [0.2, 0.25) is 5.91 Å². The number of carbonyl (C=O) groups excluding carboxylic acids is 1. The van der Waals surface area contributed by atoms with Crippen LogP contribution in [0.1, 0.15) is 36.8 Å². The van der Waals surface area contributed by atoms with Gasteiger partial charge in [0.1, 0.15) is 0 Å². The van der Waals surface area contributed by atoms with Crippen LogP contribution in [0.3, 0.4) is 0 Å². The number of rotatable bonds is 5. The normalized spacial score (nSPS) is 19.7. The molecule has 2 aliphatic rings. The van der Waals surface area contributed by atoms with E-state index in [0.29, 0.717) is 11.9 Å².